The van der Waals surface area contributed by atoms with Crippen molar-refractivity contribution in [1.82, 2.24) is 0 Å². The molecule has 1 aromatic carbocycles. The van der Waals surface area contributed by atoms with Gasteiger partial charge in [-0.15, -0.1) is 0 Å². The van der Waals surface area contributed by atoms with E-state index in [1.165, 1.54) is 14.0 Å². The second-order valence-corrected chi connectivity index (χ2v) is 4.91. The lowest BCUT2D eigenvalue weighted by molar-refractivity contribution is -0.161. The highest BCUT2D eigenvalue weighted by Crippen LogP contribution is 2.34. The van der Waals surface area contributed by atoms with Gasteiger partial charge in [0.1, 0.15) is 0 Å². The fraction of sp³-hybridized carbons (Fsp3) is 0.385. The monoisotopic (exact) mass is 268 g/mol. The van der Waals surface area contributed by atoms with Crippen molar-refractivity contribution < 1.29 is 19.1 Å². The molecule has 1 aliphatic rings. The van der Waals surface area contributed by atoms with Crippen molar-refractivity contribution in [3.8, 4) is 0 Å². The number of carbonyl (C=O) groups is 2. The summed E-state index contributed by atoms with van der Waals surface area (Å²) in [4.78, 5) is 23.7. The highest BCUT2D eigenvalue weighted by Gasteiger charge is 2.44. The van der Waals surface area contributed by atoms with Crippen LogP contribution < -0.4 is 0 Å². The molecule has 4 nitrogen and oxygen atoms in total. The smallest absolute Gasteiger partial charge is 0.350 e. The highest BCUT2D eigenvalue weighted by molar-refractivity contribution is 6.32. The van der Waals surface area contributed by atoms with Crippen molar-refractivity contribution in [3.63, 3.8) is 0 Å². The third kappa shape index (κ3) is 1.86. The van der Waals surface area contributed by atoms with E-state index >= 15 is 0 Å². The van der Waals surface area contributed by atoms with Crippen LogP contribution in [0.2, 0.25) is 5.02 Å². The fourth-order valence-corrected chi connectivity index (χ4v) is 2.38. The van der Waals surface area contributed by atoms with E-state index in [0.29, 0.717) is 16.1 Å². The van der Waals surface area contributed by atoms with Gasteiger partial charge in [-0.2, -0.15) is 0 Å². The molecule has 1 atom stereocenters. The lowest BCUT2D eigenvalue weighted by atomic mass is 9.88. The molecule has 0 fully saturated rings. The Hall–Kier alpha value is -1.55. The zero-order chi connectivity index (χ0) is 13.5. The van der Waals surface area contributed by atoms with E-state index in [0.717, 1.165) is 5.56 Å². The van der Waals surface area contributed by atoms with E-state index in [9.17, 15) is 9.59 Å². The van der Waals surface area contributed by atoms with Crippen LogP contribution in [0.1, 0.15) is 28.4 Å². The molecule has 96 valence electrons. The van der Waals surface area contributed by atoms with Gasteiger partial charge in [-0.1, -0.05) is 17.7 Å². The van der Waals surface area contributed by atoms with E-state index in [1.54, 1.807) is 19.1 Å². The maximum atomic E-state index is 12.0. The second kappa shape index (κ2) is 4.28. The quantitative estimate of drug-likeness (QED) is 0.734. The summed E-state index contributed by atoms with van der Waals surface area (Å²) in [6.45, 7) is 3.33. The maximum absolute atomic E-state index is 12.0. The first kappa shape index (κ1) is 12.9. The van der Waals surface area contributed by atoms with Gasteiger partial charge in [-0.25, -0.2) is 9.59 Å². The van der Waals surface area contributed by atoms with Gasteiger partial charge in [-0.05, 0) is 31.0 Å². The fourth-order valence-electron chi connectivity index (χ4n) is 2.16. The molecule has 18 heavy (non-hydrogen) atoms. The topological polar surface area (TPSA) is 52.6 Å². The van der Waals surface area contributed by atoms with Gasteiger partial charge in [0.2, 0.25) is 5.60 Å². The van der Waals surface area contributed by atoms with Crippen LogP contribution in [0.25, 0.3) is 0 Å². The molecule has 0 aromatic heterocycles. The van der Waals surface area contributed by atoms with E-state index < -0.39 is 17.5 Å². The molecule has 1 unspecified atom stereocenters. The van der Waals surface area contributed by atoms with Crippen molar-refractivity contribution >= 4 is 23.5 Å². The molecular weight excluding hydrogens is 256 g/mol. The third-order valence-electron chi connectivity index (χ3n) is 3.12. The number of fused-ring (bicyclic) bond motifs is 1. The summed E-state index contributed by atoms with van der Waals surface area (Å²) >= 11 is 6.09. The molecule has 1 heterocycles. The van der Waals surface area contributed by atoms with E-state index in [-0.39, 0.29) is 6.42 Å². The molecule has 0 bridgehead atoms. The average Bonchev–Trinajstić information content (AvgIpc) is 2.32. The second-order valence-electron chi connectivity index (χ2n) is 4.51. The molecule has 1 aromatic rings. The van der Waals surface area contributed by atoms with Gasteiger partial charge in [0.15, 0.2) is 0 Å². The van der Waals surface area contributed by atoms with Gasteiger partial charge in [0.05, 0.1) is 12.7 Å². The molecule has 0 N–H and O–H groups in total. The minimum absolute atomic E-state index is 0.223. The minimum atomic E-state index is -1.31. The minimum Gasteiger partial charge on any atom is -0.466 e. The van der Waals surface area contributed by atoms with Gasteiger partial charge >= 0.3 is 11.9 Å². The lowest BCUT2D eigenvalue weighted by Crippen LogP contribution is -2.46. The van der Waals surface area contributed by atoms with Gasteiger partial charge in [-0.3, -0.25) is 0 Å². The Morgan fingerprint density at radius 1 is 1.50 bits per heavy atom. The first-order valence-electron chi connectivity index (χ1n) is 5.49. The van der Waals surface area contributed by atoms with Crippen molar-refractivity contribution in [2.75, 3.05) is 7.11 Å². The summed E-state index contributed by atoms with van der Waals surface area (Å²) in [5.74, 6) is -1.12. The summed E-state index contributed by atoms with van der Waals surface area (Å²) in [6.07, 6.45) is 0.223. The van der Waals surface area contributed by atoms with Crippen LogP contribution in [0.3, 0.4) is 0 Å². The molecule has 0 saturated heterocycles. The zero-order valence-corrected chi connectivity index (χ0v) is 11.1. The Kier molecular flexibility index (Phi) is 3.07. The van der Waals surface area contributed by atoms with Crippen LogP contribution in [0.4, 0.5) is 0 Å². The Morgan fingerprint density at radius 2 is 2.17 bits per heavy atom. The Labute approximate surface area is 110 Å². The summed E-state index contributed by atoms with van der Waals surface area (Å²) in [5.41, 5.74) is 0.562. The molecule has 0 spiro atoms. The Morgan fingerprint density at radius 3 is 2.78 bits per heavy atom. The SMILES string of the molecule is COC(=O)C1(C)Cc2c(Cl)ccc(C)c2C(=O)O1. The van der Waals surface area contributed by atoms with Crippen LogP contribution in [0, 0.1) is 6.92 Å². The summed E-state index contributed by atoms with van der Waals surface area (Å²) in [7, 11) is 1.26. The number of halogens is 1. The first-order valence-corrected chi connectivity index (χ1v) is 5.86. The number of carbonyl (C=O) groups excluding carboxylic acids is 2. The van der Waals surface area contributed by atoms with E-state index in [4.69, 9.17) is 16.3 Å². The molecule has 0 amide bonds. The molecule has 0 radical (unpaired) electrons. The number of ether oxygens (including phenoxy) is 2. The van der Waals surface area contributed by atoms with Gasteiger partial charge in [0, 0.05) is 11.4 Å². The number of rotatable bonds is 1. The van der Waals surface area contributed by atoms with Crippen LogP contribution in [0.15, 0.2) is 12.1 Å². The van der Waals surface area contributed by atoms with Crippen LogP contribution in [-0.2, 0) is 20.7 Å². The predicted molar refractivity (Wildman–Crippen MR) is 65.7 cm³/mol. The number of methoxy groups -OCH3 is 1. The zero-order valence-electron chi connectivity index (χ0n) is 10.4. The number of hydrogen-bond acceptors (Lipinski definition) is 4. The molecule has 0 aliphatic carbocycles. The van der Waals surface area contributed by atoms with Crippen LogP contribution >= 0.6 is 11.6 Å². The van der Waals surface area contributed by atoms with E-state index in [2.05, 4.69) is 4.74 Å². The average molecular weight is 269 g/mol. The molecule has 2 rings (SSSR count). The van der Waals surface area contributed by atoms with Crippen molar-refractivity contribution in [1.29, 1.82) is 0 Å². The largest absolute Gasteiger partial charge is 0.466 e. The highest BCUT2D eigenvalue weighted by atomic mass is 35.5. The van der Waals surface area contributed by atoms with Crippen LogP contribution in [0.5, 0.6) is 0 Å². The number of benzene rings is 1. The van der Waals surface area contributed by atoms with Crippen molar-refractivity contribution in [2.24, 2.45) is 0 Å². The molecule has 0 saturated carbocycles. The maximum Gasteiger partial charge on any atom is 0.350 e. The van der Waals surface area contributed by atoms with Crippen LogP contribution in [-0.4, -0.2) is 24.6 Å². The molecule has 5 heteroatoms. The summed E-state index contributed by atoms with van der Waals surface area (Å²) in [6, 6.07) is 3.47. The summed E-state index contributed by atoms with van der Waals surface area (Å²) in [5, 5.41) is 0.461. The van der Waals surface area contributed by atoms with E-state index in [1.807, 2.05) is 0 Å². The predicted octanol–water partition coefficient (Wildman–Crippen LogP) is 2.29. The first-order chi connectivity index (χ1) is 8.39. The lowest BCUT2D eigenvalue weighted by Gasteiger charge is -2.32. The van der Waals surface area contributed by atoms with Gasteiger partial charge < -0.3 is 9.47 Å². The van der Waals surface area contributed by atoms with Gasteiger partial charge in [0.25, 0.3) is 0 Å². The van der Waals surface area contributed by atoms with Crippen molar-refractivity contribution in [2.45, 2.75) is 25.9 Å². The number of esters is 2. The standard InChI is InChI=1S/C13H13ClO4/c1-7-4-5-9(14)8-6-13(2,12(16)17-3)18-11(15)10(7)8/h4-5H,6H2,1-3H3. The molecule has 1 aliphatic heterocycles. The number of hydrogen-bond donors (Lipinski definition) is 0. The van der Waals surface area contributed by atoms with Crippen molar-refractivity contribution in [3.05, 3.63) is 33.8 Å². The number of cyclic esters (lactones) is 1. The number of aryl methyl sites for hydroxylation is 1. The Bertz CT molecular complexity index is 538. The molecular formula is C13H13ClO4. The Balaban J connectivity index is 2.55. The normalized spacial score (nSPS) is 22.1. The third-order valence-corrected chi connectivity index (χ3v) is 3.47. The summed E-state index contributed by atoms with van der Waals surface area (Å²) < 4.78 is 9.88.